The van der Waals surface area contributed by atoms with Crippen LogP contribution in [0.5, 0.6) is 0 Å². The number of pyridine rings is 1. The maximum absolute atomic E-state index is 7.27. The van der Waals surface area contributed by atoms with Crippen molar-refractivity contribution in [3.05, 3.63) is 30.2 Å². The smallest absolute Gasteiger partial charge is 0.137 e. The number of nitrogens with one attached hydrogen (secondary N) is 2. The van der Waals surface area contributed by atoms with E-state index in [0.717, 1.165) is 45.2 Å². The normalized spacial score (nSPS) is 18.4. The van der Waals surface area contributed by atoms with E-state index >= 15 is 0 Å². The van der Waals surface area contributed by atoms with Crippen LogP contribution in [-0.2, 0) is 4.74 Å². The molecule has 0 spiro atoms. The van der Waals surface area contributed by atoms with Crippen LogP contribution in [0.25, 0.3) is 0 Å². The fraction of sp³-hybridized carbons (Fsp3) is 0.412. The highest BCUT2D eigenvalue weighted by atomic mass is 16.5. The van der Waals surface area contributed by atoms with Gasteiger partial charge in [0.05, 0.1) is 19.3 Å². The summed E-state index contributed by atoms with van der Waals surface area (Å²) in [5.41, 5.74) is 6.99. The van der Waals surface area contributed by atoms with Crippen molar-refractivity contribution >= 4 is 29.4 Å². The minimum atomic E-state index is 0.503. The van der Waals surface area contributed by atoms with E-state index in [9.17, 15) is 0 Å². The highest BCUT2D eigenvalue weighted by molar-refractivity contribution is 5.85. The zero-order valence-corrected chi connectivity index (χ0v) is 14.4. The second-order valence-electron chi connectivity index (χ2n) is 6.44. The largest absolute Gasteiger partial charge is 0.398 e. The van der Waals surface area contributed by atoms with Crippen molar-refractivity contribution in [2.24, 2.45) is 0 Å². The molecule has 26 heavy (non-hydrogen) atoms. The van der Waals surface area contributed by atoms with Gasteiger partial charge in [0.15, 0.2) is 0 Å². The summed E-state index contributed by atoms with van der Waals surface area (Å²) >= 11 is 0. The van der Waals surface area contributed by atoms with Gasteiger partial charge >= 0.3 is 0 Å². The third-order valence-electron chi connectivity index (χ3n) is 4.81. The fourth-order valence-corrected chi connectivity index (χ4v) is 3.14. The van der Waals surface area contributed by atoms with Gasteiger partial charge in [-0.2, -0.15) is 0 Å². The topological polar surface area (TPSA) is 116 Å². The predicted octanol–water partition coefficient (Wildman–Crippen LogP) is 0.716. The monoisotopic (exact) mass is 354 g/mol. The van der Waals surface area contributed by atoms with Crippen molar-refractivity contribution < 1.29 is 4.74 Å². The molecule has 0 radical (unpaired) electrons. The molecule has 0 aromatic carbocycles. The highest BCUT2D eigenvalue weighted by Crippen LogP contribution is 2.21. The maximum atomic E-state index is 7.27. The number of rotatable bonds is 5. The van der Waals surface area contributed by atoms with Crippen molar-refractivity contribution in [3.63, 3.8) is 0 Å². The molecule has 4 rings (SSSR count). The molecule has 2 fully saturated rings. The lowest BCUT2D eigenvalue weighted by Crippen LogP contribution is -2.56. The molecule has 2 aromatic rings. The molecular weight excluding hydrogens is 332 g/mol. The molecule has 2 aliphatic heterocycles. The number of piperazine rings is 1. The number of aromatic nitrogens is 3. The van der Waals surface area contributed by atoms with Crippen molar-refractivity contribution in [1.82, 2.24) is 19.9 Å². The van der Waals surface area contributed by atoms with Gasteiger partial charge in [0.2, 0.25) is 0 Å². The van der Waals surface area contributed by atoms with Crippen molar-refractivity contribution in [1.29, 1.82) is 5.41 Å². The van der Waals surface area contributed by atoms with E-state index in [2.05, 4.69) is 30.1 Å². The van der Waals surface area contributed by atoms with E-state index in [4.69, 9.17) is 15.9 Å². The van der Waals surface area contributed by atoms with Crippen molar-refractivity contribution in [3.8, 4) is 0 Å². The van der Waals surface area contributed by atoms with Crippen LogP contribution in [-0.4, -0.2) is 71.5 Å². The first-order valence-corrected chi connectivity index (χ1v) is 8.65. The molecule has 2 saturated heterocycles. The summed E-state index contributed by atoms with van der Waals surface area (Å²) in [6.45, 7) is 5.62. The molecule has 136 valence electrons. The summed E-state index contributed by atoms with van der Waals surface area (Å²) in [5.74, 6) is 2.16. The van der Waals surface area contributed by atoms with Crippen LogP contribution < -0.4 is 16.0 Å². The van der Waals surface area contributed by atoms with Gasteiger partial charge in [0.1, 0.15) is 23.8 Å². The van der Waals surface area contributed by atoms with Gasteiger partial charge in [-0.25, -0.2) is 15.0 Å². The van der Waals surface area contributed by atoms with Gasteiger partial charge in [0, 0.05) is 62.0 Å². The Morgan fingerprint density at radius 3 is 2.54 bits per heavy atom. The molecule has 0 saturated carbocycles. The third kappa shape index (κ3) is 3.44. The minimum absolute atomic E-state index is 0.503. The fourth-order valence-electron chi connectivity index (χ4n) is 3.14. The summed E-state index contributed by atoms with van der Waals surface area (Å²) < 4.78 is 5.28. The molecule has 9 nitrogen and oxygen atoms in total. The van der Waals surface area contributed by atoms with Gasteiger partial charge in [-0.05, 0) is 0 Å². The number of hydrogen-bond donors (Lipinski definition) is 3. The first-order valence-electron chi connectivity index (χ1n) is 8.65. The molecule has 0 unspecified atom stereocenters. The van der Waals surface area contributed by atoms with E-state index in [1.165, 1.54) is 6.21 Å². The Labute approximate surface area is 151 Å². The molecule has 2 aliphatic rings. The van der Waals surface area contributed by atoms with E-state index in [-0.39, 0.29) is 0 Å². The number of anilines is 4. The zero-order chi connectivity index (χ0) is 17.9. The van der Waals surface area contributed by atoms with Crippen LogP contribution in [0.2, 0.25) is 0 Å². The molecule has 9 heteroatoms. The lowest BCUT2D eigenvalue weighted by atomic mass is 10.2. The van der Waals surface area contributed by atoms with Crippen LogP contribution >= 0.6 is 0 Å². The Hall–Kier alpha value is -2.78. The average Bonchev–Trinajstić information content (AvgIpc) is 2.61. The van der Waals surface area contributed by atoms with Gasteiger partial charge < -0.3 is 26.1 Å². The molecule has 0 aliphatic carbocycles. The quantitative estimate of drug-likeness (QED) is 0.673. The first-order chi connectivity index (χ1) is 12.7. The summed E-state index contributed by atoms with van der Waals surface area (Å²) in [7, 11) is 0. The second kappa shape index (κ2) is 7.22. The SMILES string of the molecule is N=Cc1cnc(Nc2cc(N3CCN(C4COC4)CC3)ncn2)cc1N. The van der Waals surface area contributed by atoms with Crippen LogP contribution in [0.3, 0.4) is 0 Å². The molecule has 4 N–H and O–H groups in total. The number of nitrogens with two attached hydrogens (primary N) is 1. The first kappa shape index (κ1) is 16.7. The van der Waals surface area contributed by atoms with Crippen molar-refractivity contribution in [2.45, 2.75) is 6.04 Å². The Morgan fingerprint density at radius 2 is 1.88 bits per heavy atom. The van der Waals surface area contributed by atoms with Crippen LogP contribution in [0.15, 0.2) is 24.7 Å². The van der Waals surface area contributed by atoms with Gasteiger partial charge in [-0.15, -0.1) is 0 Å². The molecule has 2 aromatic heterocycles. The number of hydrogen-bond acceptors (Lipinski definition) is 9. The molecule has 0 bridgehead atoms. The molecule has 0 amide bonds. The molecule has 0 atom stereocenters. The minimum Gasteiger partial charge on any atom is -0.398 e. The summed E-state index contributed by atoms with van der Waals surface area (Å²) in [6, 6.07) is 4.20. The van der Waals surface area contributed by atoms with Crippen LogP contribution in [0.1, 0.15) is 5.56 Å². The standard InChI is InChI=1S/C17H22N8O/c18-7-12-8-20-15(5-14(12)19)23-16-6-17(22-11-21-16)25-3-1-24(2-4-25)13-9-26-10-13/h5-8,11,13,18H,1-4,9-10H2,(H3,19,20,21,22,23). The average molecular weight is 354 g/mol. The van der Waals surface area contributed by atoms with E-state index in [0.29, 0.717) is 28.9 Å². The maximum Gasteiger partial charge on any atom is 0.137 e. The van der Waals surface area contributed by atoms with Gasteiger partial charge in [-0.3, -0.25) is 4.90 Å². The Kier molecular flexibility index (Phi) is 4.63. The van der Waals surface area contributed by atoms with E-state index in [1.807, 2.05) is 6.07 Å². The second-order valence-corrected chi connectivity index (χ2v) is 6.44. The Bertz CT molecular complexity index is 786. The van der Waals surface area contributed by atoms with Gasteiger partial charge in [-0.1, -0.05) is 0 Å². The summed E-state index contributed by atoms with van der Waals surface area (Å²) in [4.78, 5) is 17.7. The zero-order valence-electron chi connectivity index (χ0n) is 14.4. The van der Waals surface area contributed by atoms with E-state index < -0.39 is 0 Å². The Balaban J connectivity index is 1.42. The summed E-state index contributed by atoms with van der Waals surface area (Å²) in [5, 5.41) is 10.4. The van der Waals surface area contributed by atoms with E-state index in [1.54, 1.807) is 18.6 Å². The highest BCUT2D eigenvalue weighted by Gasteiger charge is 2.29. The predicted molar refractivity (Wildman–Crippen MR) is 100 cm³/mol. The van der Waals surface area contributed by atoms with Gasteiger partial charge in [0.25, 0.3) is 0 Å². The van der Waals surface area contributed by atoms with Crippen LogP contribution in [0.4, 0.5) is 23.1 Å². The lowest BCUT2D eigenvalue weighted by Gasteiger charge is -2.42. The summed E-state index contributed by atoms with van der Waals surface area (Å²) in [6.07, 6.45) is 4.31. The third-order valence-corrected chi connectivity index (χ3v) is 4.81. The number of ether oxygens (including phenoxy) is 1. The molecule has 4 heterocycles. The molecular formula is C17H22N8O. The number of nitrogens with zero attached hydrogens (tertiary/aromatic N) is 5. The Morgan fingerprint density at radius 1 is 1.12 bits per heavy atom. The number of nitrogen functional groups attached to an aromatic ring is 1. The van der Waals surface area contributed by atoms with Crippen LogP contribution in [0, 0.1) is 5.41 Å². The lowest BCUT2D eigenvalue weighted by molar-refractivity contribution is -0.0661. The van der Waals surface area contributed by atoms with Crippen molar-refractivity contribution in [2.75, 3.05) is 55.3 Å².